The van der Waals surface area contributed by atoms with Crippen LogP contribution < -0.4 is 0 Å². The summed E-state index contributed by atoms with van der Waals surface area (Å²) in [6.07, 6.45) is 3.67. The highest BCUT2D eigenvalue weighted by atomic mass is 16.5. The van der Waals surface area contributed by atoms with Gasteiger partial charge in [-0.1, -0.05) is 6.07 Å². The number of amides is 1. The van der Waals surface area contributed by atoms with E-state index in [9.17, 15) is 4.79 Å². The fraction of sp³-hybridized carbons (Fsp3) is 0.538. The molecule has 5 nitrogen and oxygen atoms in total. The summed E-state index contributed by atoms with van der Waals surface area (Å²) in [6, 6.07) is 4.03. The number of methoxy groups -OCH3 is 1. The molecule has 1 aliphatic rings. The van der Waals surface area contributed by atoms with Crippen LogP contribution in [0.4, 0.5) is 0 Å². The second-order valence-electron chi connectivity index (χ2n) is 4.45. The molecule has 0 saturated carbocycles. The van der Waals surface area contributed by atoms with E-state index in [1.54, 1.807) is 13.3 Å². The third-order valence-corrected chi connectivity index (χ3v) is 3.12. The summed E-state index contributed by atoms with van der Waals surface area (Å²) in [5.74, 6) is 0.0820. The van der Waals surface area contributed by atoms with Gasteiger partial charge in [0.25, 0.3) is 0 Å². The van der Waals surface area contributed by atoms with E-state index in [0.29, 0.717) is 0 Å². The molecular formula is C13H19N3O2. The van der Waals surface area contributed by atoms with E-state index in [1.165, 1.54) is 5.56 Å². The number of rotatable bonds is 4. The van der Waals surface area contributed by atoms with Crippen molar-refractivity contribution in [3.63, 3.8) is 0 Å². The average Bonchev–Trinajstić information content (AvgIpc) is 2.41. The molecule has 1 fully saturated rings. The first-order valence-electron chi connectivity index (χ1n) is 6.17. The molecule has 18 heavy (non-hydrogen) atoms. The van der Waals surface area contributed by atoms with Crippen LogP contribution in [0.3, 0.4) is 0 Å². The third kappa shape index (κ3) is 3.51. The van der Waals surface area contributed by atoms with E-state index in [0.717, 1.165) is 32.7 Å². The van der Waals surface area contributed by atoms with E-state index in [1.807, 2.05) is 17.2 Å². The zero-order chi connectivity index (χ0) is 12.8. The van der Waals surface area contributed by atoms with Gasteiger partial charge in [0.2, 0.25) is 5.91 Å². The summed E-state index contributed by atoms with van der Waals surface area (Å²) in [6.45, 7) is 4.46. The normalized spacial score (nSPS) is 16.8. The van der Waals surface area contributed by atoms with Gasteiger partial charge in [-0.2, -0.15) is 0 Å². The Labute approximate surface area is 107 Å². The molecule has 2 heterocycles. The lowest BCUT2D eigenvalue weighted by Gasteiger charge is -2.34. The molecule has 0 aliphatic carbocycles. The minimum absolute atomic E-state index is 0.0820. The van der Waals surface area contributed by atoms with Gasteiger partial charge in [0.15, 0.2) is 0 Å². The first-order chi connectivity index (χ1) is 8.79. The molecule has 1 aromatic heterocycles. The van der Waals surface area contributed by atoms with Gasteiger partial charge in [0.1, 0.15) is 6.61 Å². The monoisotopic (exact) mass is 249 g/mol. The molecule has 0 N–H and O–H groups in total. The lowest BCUT2D eigenvalue weighted by atomic mass is 10.2. The fourth-order valence-corrected chi connectivity index (χ4v) is 2.12. The zero-order valence-corrected chi connectivity index (χ0v) is 10.7. The Hall–Kier alpha value is -1.46. The lowest BCUT2D eigenvalue weighted by Crippen LogP contribution is -2.49. The number of aromatic nitrogens is 1. The van der Waals surface area contributed by atoms with Crippen LogP contribution in [0.5, 0.6) is 0 Å². The molecule has 0 aromatic carbocycles. The van der Waals surface area contributed by atoms with Crippen molar-refractivity contribution in [2.45, 2.75) is 6.54 Å². The van der Waals surface area contributed by atoms with Crippen LogP contribution in [0.15, 0.2) is 24.5 Å². The number of hydrogen-bond donors (Lipinski definition) is 0. The highest BCUT2D eigenvalue weighted by Gasteiger charge is 2.20. The van der Waals surface area contributed by atoms with Gasteiger partial charge in [0.05, 0.1) is 0 Å². The van der Waals surface area contributed by atoms with E-state index >= 15 is 0 Å². The molecular weight excluding hydrogens is 230 g/mol. The molecule has 2 rings (SSSR count). The molecule has 0 bridgehead atoms. The molecule has 0 radical (unpaired) electrons. The average molecular weight is 249 g/mol. The van der Waals surface area contributed by atoms with Crippen LogP contribution in [-0.4, -0.2) is 60.6 Å². The maximum Gasteiger partial charge on any atom is 0.248 e. The summed E-state index contributed by atoms with van der Waals surface area (Å²) in [4.78, 5) is 20.0. The van der Waals surface area contributed by atoms with Crippen molar-refractivity contribution < 1.29 is 9.53 Å². The van der Waals surface area contributed by atoms with Crippen molar-refractivity contribution in [2.75, 3.05) is 39.9 Å². The number of piperazine rings is 1. The van der Waals surface area contributed by atoms with Crippen LogP contribution in [0.25, 0.3) is 0 Å². The predicted octanol–water partition coefficient (Wildman–Crippen LogP) is 0.372. The summed E-state index contributed by atoms with van der Waals surface area (Å²) in [5.41, 5.74) is 1.22. The molecule has 1 aliphatic heterocycles. The molecule has 0 spiro atoms. The predicted molar refractivity (Wildman–Crippen MR) is 68.0 cm³/mol. The van der Waals surface area contributed by atoms with Crippen molar-refractivity contribution in [3.8, 4) is 0 Å². The molecule has 98 valence electrons. The summed E-state index contributed by atoms with van der Waals surface area (Å²) < 4.78 is 4.87. The zero-order valence-electron chi connectivity index (χ0n) is 10.7. The Morgan fingerprint density at radius 3 is 2.78 bits per heavy atom. The van der Waals surface area contributed by atoms with Crippen LogP contribution in [0.1, 0.15) is 5.56 Å². The maximum atomic E-state index is 11.6. The van der Waals surface area contributed by atoms with Gasteiger partial charge >= 0.3 is 0 Å². The van der Waals surface area contributed by atoms with Crippen molar-refractivity contribution in [2.24, 2.45) is 0 Å². The molecule has 0 atom stereocenters. The Balaban J connectivity index is 1.78. The minimum atomic E-state index is 0.0820. The van der Waals surface area contributed by atoms with Gasteiger partial charge in [-0.05, 0) is 11.6 Å². The van der Waals surface area contributed by atoms with Gasteiger partial charge in [-0.25, -0.2) is 0 Å². The van der Waals surface area contributed by atoms with Crippen molar-refractivity contribution >= 4 is 5.91 Å². The van der Waals surface area contributed by atoms with Crippen LogP contribution in [0, 0.1) is 0 Å². The smallest absolute Gasteiger partial charge is 0.248 e. The van der Waals surface area contributed by atoms with E-state index in [2.05, 4.69) is 16.0 Å². The second-order valence-corrected chi connectivity index (χ2v) is 4.45. The number of ether oxygens (including phenoxy) is 1. The fourth-order valence-electron chi connectivity index (χ4n) is 2.12. The number of carbonyl (C=O) groups is 1. The summed E-state index contributed by atoms with van der Waals surface area (Å²) in [5, 5.41) is 0. The van der Waals surface area contributed by atoms with Crippen LogP contribution >= 0.6 is 0 Å². The first-order valence-corrected chi connectivity index (χ1v) is 6.17. The molecule has 1 amide bonds. The Kier molecular flexibility index (Phi) is 4.66. The van der Waals surface area contributed by atoms with Gasteiger partial charge in [0, 0.05) is 52.2 Å². The molecule has 1 saturated heterocycles. The van der Waals surface area contributed by atoms with E-state index < -0.39 is 0 Å². The van der Waals surface area contributed by atoms with Crippen molar-refractivity contribution in [3.05, 3.63) is 30.1 Å². The van der Waals surface area contributed by atoms with E-state index in [4.69, 9.17) is 4.74 Å². The summed E-state index contributed by atoms with van der Waals surface area (Å²) in [7, 11) is 1.55. The van der Waals surface area contributed by atoms with Crippen LogP contribution in [-0.2, 0) is 16.1 Å². The minimum Gasteiger partial charge on any atom is -0.375 e. The van der Waals surface area contributed by atoms with Crippen molar-refractivity contribution in [1.29, 1.82) is 0 Å². The topological polar surface area (TPSA) is 45.7 Å². The highest BCUT2D eigenvalue weighted by molar-refractivity contribution is 5.77. The second kappa shape index (κ2) is 6.47. The first kappa shape index (κ1) is 13.0. The Morgan fingerprint density at radius 2 is 2.17 bits per heavy atom. The Morgan fingerprint density at radius 1 is 1.39 bits per heavy atom. The van der Waals surface area contributed by atoms with Crippen molar-refractivity contribution in [1.82, 2.24) is 14.8 Å². The number of hydrogen-bond acceptors (Lipinski definition) is 4. The Bertz CT molecular complexity index is 375. The number of carbonyl (C=O) groups excluding carboxylic acids is 1. The lowest BCUT2D eigenvalue weighted by molar-refractivity contribution is -0.136. The molecule has 5 heteroatoms. The quantitative estimate of drug-likeness (QED) is 0.773. The van der Waals surface area contributed by atoms with Gasteiger partial charge in [-0.3, -0.25) is 14.7 Å². The SMILES string of the molecule is COCC(=O)N1CCN(Cc2cccnc2)CC1. The van der Waals surface area contributed by atoms with Gasteiger partial charge in [-0.15, -0.1) is 0 Å². The number of pyridine rings is 1. The maximum absolute atomic E-state index is 11.6. The van der Waals surface area contributed by atoms with E-state index in [-0.39, 0.29) is 12.5 Å². The third-order valence-electron chi connectivity index (χ3n) is 3.12. The highest BCUT2D eigenvalue weighted by Crippen LogP contribution is 2.07. The molecule has 1 aromatic rings. The van der Waals surface area contributed by atoms with Crippen LogP contribution in [0.2, 0.25) is 0 Å². The summed E-state index contributed by atoms with van der Waals surface area (Å²) >= 11 is 0. The molecule has 0 unspecified atom stereocenters. The van der Waals surface area contributed by atoms with Gasteiger partial charge < -0.3 is 9.64 Å². The number of nitrogens with zero attached hydrogens (tertiary/aromatic N) is 3. The standard InChI is InChI=1S/C13H19N3O2/c1-18-11-13(17)16-7-5-15(6-8-16)10-12-3-2-4-14-9-12/h2-4,9H,5-8,10-11H2,1H3. The largest absolute Gasteiger partial charge is 0.375 e.